The van der Waals surface area contributed by atoms with E-state index in [0.29, 0.717) is 5.88 Å². The van der Waals surface area contributed by atoms with E-state index in [9.17, 15) is 0 Å². The van der Waals surface area contributed by atoms with Gasteiger partial charge in [0.2, 0.25) is 0 Å². The molecule has 2 heteroatoms. The van der Waals surface area contributed by atoms with Crippen molar-refractivity contribution in [3.05, 3.63) is 29.6 Å². The average molecular weight is 156 g/mol. The number of rotatable bonds is 2. The summed E-state index contributed by atoms with van der Waals surface area (Å²) in [6.45, 7) is 2.10. The first-order chi connectivity index (χ1) is 4.88. The van der Waals surface area contributed by atoms with Gasteiger partial charge in [-0.05, 0) is 23.6 Å². The molecule has 0 aliphatic rings. The molecule has 0 N–H and O–H groups in total. The average Bonchev–Trinajstić information content (AvgIpc) is 2.04. The molecule has 0 amide bonds. The highest BCUT2D eigenvalue weighted by atomic mass is 35.5. The first kappa shape index (κ1) is 7.55. The number of nitrogens with zero attached hydrogens (tertiary/aromatic N) is 1. The van der Waals surface area contributed by atoms with Crippen molar-refractivity contribution in [2.75, 3.05) is 0 Å². The minimum atomic E-state index is 0.589. The van der Waals surface area contributed by atoms with Gasteiger partial charge in [-0.1, -0.05) is 6.92 Å². The summed E-state index contributed by atoms with van der Waals surface area (Å²) in [7, 11) is 0. The Morgan fingerprint density at radius 2 is 2.30 bits per heavy atom. The Morgan fingerprint density at radius 3 is 2.80 bits per heavy atom. The Balaban J connectivity index is 2.96. The van der Waals surface area contributed by atoms with E-state index in [-0.39, 0.29) is 0 Å². The van der Waals surface area contributed by atoms with Crippen molar-refractivity contribution < 1.29 is 0 Å². The Hall–Kier alpha value is -0.560. The molecule has 0 atom stereocenters. The van der Waals surface area contributed by atoms with Crippen LogP contribution < -0.4 is 0 Å². The summed E-state index contributed by atoms with van der Waals surface area (Å²) in [4.78, 5) is 4.01. The van der Waals surface area contributed by atoms with E-state index in [1.807, 2.05) is 12.3 Å². The fourth-order valence-corrected chi connectivity index (χ4v) is 1.17. The van der Waals surface area contributed by atoms with E-state index in [0.717, 1.165) is 6.42 Å². The summed E-state index contributed by atoms with van der Waals surface area (Å²) in [6, 6.07) is 1.96. The molecule has 0 aliphatic heterocycles. The zero-order valence-corrected chi connectivity index (χ0v) is 6.73. The second kappa shape index (κ2) is 3.57. The highest BCUT2D eigenvalue weighted by molar-refractivity contribution is 6.17. The molecule has 54 valence electrons. The molecule has 0 spiro atoms. The molecule has 1 aromatic heterocycles. The summed E-state index contributed by atoms with van der Waals surface area (Å²) in [5.41, 5.74) is 2.44. The molecule has 0 bridgehead atoms. The van der Waals surface area contributed by atoms with Crippen LogP contribution in [0.2, 0.25) is 0 Å². The highest BCUT2D eigenvalue weighted by Gasteiger charge is 1.96. The fraction of sp³-hybridized carbons (Fsp3) is 0.375. The lowest BCUT2D eigenvalue weighted by atomic mass is 10.1. The number of aryl methyl sites for hydroxylation is 1. The van der Waals surface area contributed by atoms with E-state index >= 15 is 0 Å². The number of aromatic nitrogens is 1. The van der Waals surface area contributed by atoms with Gasteiger partial charge in [-0.2, -0.15) is 0 Å². The molecule has 1 nitrogen and oxygen atoms in total. The predicted octanol–water partition coefficient (Wildman–Crippen LogP) is 2.38. The van der Waals surface area contributed by atoms with Crippen LogP contribution >= 0.6 is 11.6 Å². The van der Waals surface area contributed by atoms with Gasteiger partial charge in [0.25, 0.3) is 0 Å². The normalized spacial score (nSPS) is 9.80. The summed E-state index contributed by atoms with van der Waals surface area (Å²) in [5.74, 6) is 0.589. The van der Waals surface area contributed by atoms with E-state index in [1.54, 1.807) is 6.20 Å². The smallest absolute Gasteiger partial charge is 0.0477 e. The van der Waals surface area contributed by atoms with Gasteiger partial charge in [-0.25, -0.2) is 0 Å². The van der Waals surface area contributed by atoms with Crippen LogP contribution in [-0.4, -0.2) is 4.98 Å². The maximum atomic E-state index is 5.68. The monoisotopic (exact) mass is 155 g/mol. The van der Waals surface area contributed by atoms with Gasteiger partial charge in [-0.3, -0.25) is 4.98 Å². The van der Waals surface area contributed by atoms with Crippen LogP contribution in [0.25, 0.3) is 0 Å². The molecule has 1 aromatic rings. The first-order valence-electron chi connectivity index (χ1n) is 3.36. The zero-order valence-electron chi connectivity index (χ0n) is 5.97. The molecular formula is C8H10ClN. The maximum Gasteiger partial charge on any atom is 0.0477 e. The second-order valence-electron chi connectivity index (χ2n) is 2.13. The van der Waals surface area contributed by atoms with E-state index in [4.69, 9.17) is 11.6 Å². The van der Waals surface area contributed by atoms with Gasteiger partial charge in [0.1, 0.15) is 0 Å². The lowest BCUT2D eigenvalue weighted by Crippen LogP contribution is -1.89. The van der Waals surface area contributed by atoms with Crippen LogP contribution in [0.5, 0.6) is 0 Å². The van der Waals surface area contributed by atoms with E-state index < -0.39 is 0 Å². The predicted molar refractivity (Wildman–Crippen MR) is 43.2 cm³/mol. The third kappa shape index (κ3) is 1.48. The summed E-state index contributed by atoms with van der Waals surface area (Å²) >= 11 is 5.68. The Morgan fingerprint density at radius 1 is 1.50 bits per heavy atom. The third-order valence-electron chi connectivity index (χ3n) is 1.53. The molecule has 1 heterocycles. The van der Waals surface area contributed by atoms with Crippen LogP contribution in [-0.2, 0) is 12.3 Å². The molecule has 0 saturated carbocycles. The Bertz CT molecular complexity index is 187. The molecule has 0 unspecified atom stereocenters. The van der Waals surface area contributed by atoms with Crippen molar-refractivity contribution in [1.29, 1.82) is 0 Å². The molecule has 1 rings (SSSR count). The van der Waals surface area contributed by atoms with Crippen molar-refractivity contribution >= 4 is 11.6 Å². The molecule has 0 aromatic carbocycles. The molecule has 0 saturated heterocycles. The standard InChI is InChI=1S/C8H10ClN/c1-2-7-6-10-4-3-8(7)5-9/h3-4,6H,2,5H2,1H3. The van der Waals surface area contributed by atoms with Crippen molar-refractivity contribution in [3.63, 3.8) is 0 Å². The number of pyridine rings is 1. The van der Waals surface area contributed by atoms with Gasteiger partial charge in [0, 0.05) is 18.3 Å². The molecule has 0 radical (unpaired) electrons. The van der Waals surface area contributed by atoms with Gasteiger partial charge in [0.05, 0.1) is 0 Å². The van der Waals surface area contributed by atoms with Crippen LogP contribution in [0.15, 0.2) is 18.5 Å². The lowest BCUT2D eigenvalue weighted by molar-refractivity contribution is 1.06. The second-order valence-corrected chi connectivity index (χ2v) is 2.40. The van der Waals surface area contributed by atoms with Crippen molar-refractivity contribution in [1.82, 2.24) is 4.98 Å². The lowest BCUT2D eigenvalue weighted by Gasteiger charge is -2.00. The van der Waals surface area contributed by atoms with Gasteiger partial charge < -0.3 is 0 Å². The van der Waals surface area contributed by atoms with Crippen LogP contribution in [0.1, 0.15) is 18.1 Å². The van der Waals surface area contributed by atoms with Gasteiger partial charge in [-0.15, -0.1) is 11.6 Å². The summed E-state index contributed by atoms with van der Waals surface area (Å²) < 4.78 is 0. The molecule has 0 fully saturated rings. The number of hydrogen-bond acceptors (Lipinski definition) is 1. The van der Waals surface area contributed by atoms with Crippen LogP contribution in [0.4, 0.5) is 0 Å². The van der Waals surface area contributed by atoms with Crippen molar-refractivity contribution in [2.45, 2.75) is 19.2 Å². The minimum absolute atomic E-state index is 0.589. The minimum Gasteiger partial charge on any atom is -0.264 e. The first-order valence-corrected chi connectivity index (χ1v) is 3.89. The Kier molecular flexibility index (Phi) is 2.69. The Labute approximate surface area is 66.0 Å². The quantitative estimate of drug-likeness (QED) is 0.598. The van der Waals surface area contributed by atoms with Crippen molar-refractivity contribution in [2.24, 2.45) is 0 Å². The molecular weight excluding hydrogens is 146 g/mol. The summed E-state index contributed by atoms with van der Waals surface area (Å²) in [6.07, 6.45) is 4.66. The zero-order chi connectivity index (χ0) is 7.40. The molecule has 10 heavy (non-hydrogen) atoms. The number of hydrogen-bond donors (Lipinski definition) is 0. The van der Waals surface area contributed by atoms with Crippen LogP contribution in [0, 0.1) is 0 Å². The largest absolute Gasteiger partial charge is 0.264 e. The third-order valence-corrected chi connectivity index (χ3v) is 1.82. The van der Waals surface area contributed by atoms with E-state index in [2.05, 4.69) is 11.9 Å². The molecule has 0 aliphatic carbocycles. The topological polar surface area (TPSA) is 12.9 Å². The number of halogens is 1. The number of alkyl halides is 1. The fourth-order valence-electron chi connectivity index (χ4n) is 0.905. The van der Waals surface area contributed by atoms with Gasteiger partial charge >= 0.3 is 0 Å². The maximum absolute atomic E-state index is 5.68. The summed E-state index contributed by atoms with van der Waals surface area (Å²) in [5, 5.41) is 0. The van der Waals surface area contributed by atoms with Gasteiger partial charge in [0.15, 0.2) is 0 Å². The van der Waals surface area contributed by atoms with Crippen LogP contribution in [0.3, 0.4) is 0 Å². The highest BCUT2D eigenvalue weighted by Crippen LogP contribution is 2.09. The van der Waals surface area contributed by atoms with Crippen molar-refractivity contribution in [3.8, 4) is 0 Å². The van der Waals surface area contributed by atoms with E-state index in [1.165, 1.54) is 11.1 Å². The SMILES string of the molecule is CCc1cnccc1CCl.